The van der Waals surface area contributed by atoms with Crippen molar-refractivity contribution in [3.63, 3.8) is 0 Å². The summed E-state index contributed by atoms with van der Waals surface area (Å²) in [6.07, 6.45) is 3.17. The van der Waals surface area contributed by atoms with E-state index in [9.17, 15) is 4.79 Å². The maximum Gasteiger partial charge on any atom is 0.336 e. The highest BCUT2D eigenvalue weighted by molar-refractivity contribution is 5.95. The van der Waals surface area contributed by atoms with Crippen molar-refractivity contribution in [3.8, 4) is 11.1 Å². The average Bonchev–Trinajstić information content (AvgIpc) is 3.14. The molecule has 26 heavy (non-hydrogen) atoms. The summed E-state index contributed by atoms with van der Waals surface area (Å²) < 4.78 is 10.8. The Bertz CT molecular complexity index is 1110. The molecule has 0 aliphatic heterocycles. The Morgan fingerprint density at radius 2 is 1.92 bits per heavy atom. The normalized spacial score (nSPS) is 11.0. The minimum absolute atomic E-state index is 0.358. The summed E-state index contributed by atoms with van der Waals surface area (Å²) in [6, 6.07) is 15.4. The molecule has 0 spiro atoms. The molecule has 0 saturated carbocycles. The second kappa shape index (κ2) is 6.52. The Balaban J connectivity index is 1.80. The molecule has 0 bridgehead atoms. The van der Waals surface area contributed by atoms with Crippen molar-refractivity contribution < 1.29 is 8.83 Å². The molecule has 4 aromatic rings. The van der Waals surface area contributed by atoms with Crippen molar-refractivity contribution in [1.82, 2.24) is 4.98 Å². The van der Waals surface area contributed by atoms with E-state index in [1.165, 1.54) is 0 Å². The fourth-order valence-corrected chi connectivity index (χ4v) is 3.11. The smallest absolute Gasteiger partial charge is 0.336 e. The molecular formula is C21H18N2O3. The van der Waals surface area contributed by atoms with Gasteiger partial charge >= 0.3 is 5.63 Å². The zero-order valence-corrected chi connectivity index (χ0v) is 14.6. The first kappa shape index (κ1) is 16.1. The SMILES string of the molecule is Cc1ccccc1-c1cc(=O)oc2cc(N(C)Cc3ncco3)ccc12. The van der Waals surface area contributed by atoms with E-state index < -0.39 is 0 Å². The Labute approximate surface area is 150 Å². The summed E-state index contributed by atoms with van der Waals surface area (Å²) in [5, 5.41) is 0.909. The highest BCUT2D eigenvalue weighted by atomic mass is 16.4. The first-order chi connectivity index (χ1) is 12.6. The number of oxazole rings is 1. The highest BCUT2D eigenvalue weighted by Gasteiger charge is 2.12. The third-order valence-corrected chi connectivity index (χ3v) is 4.46. The number of fused-ring (bicyclic) bond motifs is 1. The Morgan fingerprint density at radius 1 is 1.08 bits per heavy atom. The molecule has 0 unspecified atom stereocenters. The van der Waals surface area contributed by atoms with Gasteiger partial charge in [0, 0.05) is 35.8 Å². The van der Waals surface area contributed by atoms with E-state index in [1.807, 2.05) is 61.3 Å². The van der Waals surface area contributed by atoms with E-state index in [0.717, 1.165) is 27.8 Å². The quantitative estimate of drug-likeness (QED) is 0.513. The van der Waals surface area contributed by atoms with Gasteiger partial charge in [0.1, 0.15) is 11.8 Å². The summed E-state index contributed by atoms with van der Waals surface area (Å²) in [4.78, 5) is 18.3. The minimum atomic E-state index is -0.358. The van der Waals surface area contributed by atoms with Crippen LogP contribution in [0.3, 0.4) is 0 Å². The lowest BCUT2D eigenvalue weighted by atomic mass is 9.98. The van der Waals surface area contributed by atoms with Crippen LogP contribution in [0.25, 0.3) is 22.1 Å². The monoisotopic (exact) mass is 346 g/mol. The van der Waals surface area contributed by atoms with Crippen LogP contribution >= 0.6 is 0 Å². The molecule has 0 atom stereocenters. The van der Waals surface area contributed by atoms with Crippen LogP contribution in [-0.2, 0) is 6.54 Å². The van der Waals surface area contributed by atoms with Gasteiger partial charge in [-0.2, -0.15) is 0 Å². The Hall–Kier alpha value is -3.34. The fraction of sp³-hybridized carbons (Fsp3) is 0.143. The van der Waals surface area contributed by atoms with Gasteiger partial charge in [-0.05, 0) is 30.2 Å². The van der Waals surface area contributed by atoms with Crippen molar-refractivity contribution in [1.29, 1.82) is 0 Å². The van der Waals surface area contributed by atoms with Crippen LogP contribution in [0.5, 0.6) is 0 Å². The van der Waals surface area contributed by atoms with Gasteiger partial charge in [-0.25, -0.2) is 9.78 Å². The van der Waals surface area contributed by atoms with E-state index in [-0.39, 0.29) is 5.63 Å². The van der Waals surface area contributed by atoms with Crippen molar-refractivity contribution >= 4 is 16.7 Å². The molecule has 0 amide bonds. The summed E-state index contributed by atoms with van der Waals surface area (Å²) in [7, 11) is 1.94. The van der Waals surface area contributed by atoms with Crippen molar-refractivity contribution in [2.24, 2.45) is 0 Å². The summed E-state index contributed by atoms with van der Waals surface area (Å²) in [5.74, 6) is 0.628. The number of hydrogen-bond acceptors (Lipinski definition) is 5. The van der Waals surface area contributed by atoms with Crippen molar-refractivity contribution in [2.75, 3.05) is 11.9 Å². The van der Waals surface area contributed by atoms with Crippen LogP contribution in [0.15, 0.2) is 74.6 Å². The van der Waals surface area contributed by atoms with Crippen LogP contribution < -0.4 is 10.5 Å². The first-order valence-corrected chi connectivity index (χ1v) is 8.35. The van der Waals surface area contributed by atoms with Crippen LogP contribution in [0.4, 0.5) is 5.69 Å². The van der Waals surface area contributed by atoms with Gasteiger partial charge in [-0.1, -0.05) is 24.3 Å². The topological polar surface area (TPSA) is 59.5 Å². The molecule has 130 valence electrons. The largest absolute Gasteiger partial charge is 0.447 e. The molecule has 0 radical (unpaired) electrons. The molecule has 2 heterocycles. The molecule has 2 aromatic heterocycles. The highest BCUT2D eigenvalue weighted by Crippen LogP contribution is 2.31. The number of anilines is 1. The van der Waals surface area contributed by atoms with Crippen LogP contribution in [-0.4, -0.2) is 12.0 Å². The van der Waals surface area contributed by atoms with Gasteiger partial charge in [0.15, 0.2) is 0 Å². The molecular weight excluding hydrogens is 328 g/mol. The summed E-state index contributed by atoms with van der Waals surface area (Å²) >= 11 is 0. The molecule has 0 N–H and O–H groups in total. The van der Waals surface area contributed by atoms with Crippen LogP contribution in [0.1, 0.15) is 11.5 Å². The molecule has 0 aliphatic rings. The minimum Gasteiger partial charge on any atom is -0.447 e. The van der Waals surface area contributed by atoms with E-state index in [1.54, 1.807) is 18.5 Å². The van der Waals surface area contributed by atoms with E-state index in [2.05, 4.69) is 4.98 Å². The molecule has 5 heteroatoms. The average molecular weight is 346 g/mol. The second-order valence-corrected chi connectivity index (χ2v) is 6.26. The lowest BCUT2D eigenvalue weighted by molar-refractivity contribution is 0.493. The molecule has 2 aromatic carbocycles. The lowest BCUT2D eigenvalue weighted by Crippen LogP contribution is -2.16. The Kier molecular flexibility index (Phi) is 4.05. The second-order valence-electron chi connectivity index (χ2n) is 6.26. The molecule has 0 aliphatic carbocycles. The number of rotatable bonds is 4. The maximum absolute atomic E-state index is 12.1. The van der Waals surface area contributed by atoms with Gasteiger partial charge in [0.25, 0.3) is 0 Å². The standard InChI is InChI=1S/C21H18N2O3/c1-14-5-3-4-6-16(14)18-12-21(24)26-19-11-15(7-8-17(18)19)23(2)13-20-22-9-10-25-20/h3-12H,13H2,1-2H3. The number of hydrogen-bond donors (Lipinski definition) is 0. The van der Waals surface area contributed by atoms with Crippen LogP contribution in [0.2, 0.25) is 0 Å². The molecule has 4 rings (SSSR count). The maximum atomic E-state index is 12.1. The zero-order valence-electron chi connectivity index (χ0n) is 14.6. The molecule has 0 fully saturated rings. The van der Waals surface area contributed by atoms with Crippen LogP contribution in [0, 0.1) is 6.92 Å². The van der Waals surface area contributed by atoms with E-state index in [4.69, 9.17) is 8.83 Å². The predicted molar refractivity (Wildman–Crippen MR) is 101 cm³/mol. The molecule has 5 nitrogen and oxygen atoms in total. The summed E-state index contributed by atoms with van der Waals surface area (Å²) in [5.41, 5.74) is 4.16. The number of nitrogens with zero attached hydrogens (tertiary/aromatic N) is 2. The van der Waals surface area contributed by atoms with E-state index in [0.29, 0.717) is 18.0 Å². The van der Waals surface area contributed by atoms with Crippen molar-refractivity contribution in [3.05, 3.63) is 82.9 Å². The van der Waals surface area contributed by atoms with Crippen molar-refractivity contribution in [2.45, 2.75) is 13.5 Å². The predicted octanol–water partition coefficient (Wildman–Crippen LogP) is 4.39. The van der Waals surface area contributed by atoms with E-state index >= 15 is 0 Å². The summed E-state index contributed by atoms with van der Waals surface area (Å²) in [6.45, 7) is 2.56. The van der Waals surface area contributed by atoms with Gasteiger partial charge in [0.05, 0.1) is 12.7 Å². The number of aryl methyl sites for hydroxylation is 1. The third-order valence-electron chi connectivity index (χ3n) is 4.46. The van der Waals surface area contributed by atoms with Gasteiger partial charge in [-0.3, -0.25) is 0 Å². The first-order valence-electron chi connectivity index (χ1n) is 8.35. The fourth-order valence-electron chi connectivity index (χ4n) is 3.11. The van der Waals surface area contributed by atoms with Gasteiger partial charge < -0.3 is 13.7 Å². The zero-order chi connectivity index (χ0) is 18.1. The number of benzene rings is 2. The third kappa shape index (κ3) is 2.99. The number of aromatic nitrogens is 1. The lowest BCUT2D eigenvalue weighted by Gasteiger charge is -2.18. The van der Waals surface area contributed by atoms with Gasteiger partial charge in [-0.15, -0.1) is 0 Å². The Morgan fingerprint density at radius 3 is 2.69 bits per heavy atom. The van der Waals surface area contributed by atoms with Gasteiger partial charge in [0.2, 0.25) is 5.89 Å². The molecule has 0 saturated heterocycles.